The van der Waals surface area contributed by atoms with Crippen LogP contribution in [0.3, 0.4) is 0 Å². The van der Waals surface area contributed by atoms with Crippen LogP contribution in [0.1, 0.15) is 44.9 Å². The minimum absolute atomic E-state index is 0.0784. The highest BCUT2D eigenvalue weighted by Gasteiger charge is 2.34. The molecule has 0 aliphatic rings. The first-order valence-corrected chi connectivity index (χ1v) is 14.4. The quantitative estimate of drug-likeness (QED) is 0.104. The molecule has 0 saturated carbocycles. The smallest absolute Gasteiger partial charge is 0.449 e. The zero-order valence-corrected chi connectivity index (χ0v) is 25.0. The van der Waals surface area contributed by atoms with Crippen LogP contribution in [0.2, 0.25) is 0 Å². The Kier molecular flexibility index (Phi) is 9.84. The maximum atomic E-state index is 14.7. The molecule has 3 aromatic carbocycles. The Morgan fingerprint density at radius 1 is 0.881 bits per heavy atom. The number of hydrogen-bond donors (Lipinski definition) is 0. The zero-order valence-electron chi connectivity index (χ0n) is 24.2. The second kappa shape index (κ2) is 13.2. The van der Waals surface area contributed by atoms with Crippen LogP contribution in [0.5, 0.6) is 0 Å². The maximum absolute atomic E-state index is 14.7. The van der Waals surface area contributed by atoms with Crippen LogP contribution in [0, 0.1) is 33.5 Å². The number of benzene rings is 3. The minimum Gasteiger partial charge on any atom is -0.468 e. The number of nitrogens with zero attached hydrogens (tertiary/aromatic N) is 1. The number of ether oxygens (including phenoxy) is 1. The summed E-state index contributed by atoms with van der Waals surface area (Å²) in [4.78, 5) is 14.3. The Hall–Kier alpha value is -3.56. The molecule has 0 aliphatic carbocycles. The van der Waals surface area contributed by atoms with Gasteiger partial charge in [0.15, 0.2) is 0 Å². The normalized spacial score (nSPS) is 11.8. The lowest BCUT2D eigenvalue weighted by atomic mass is 9.99. The van der Waals surface area contributed by atoms with Crippen LogP contribution in [0.4, 0.5) is 17.6 Å². The fraction of sp³-hybridized carbons (Fsp3) is 0.303. The first-order valence-electron chi connectivity index (χ1n) is 13.4. The van der Waals surface area contributed by atoms with Crippen molar-refractivity contribution in [2.24, 2.45) is 0 Å². The molecule has 222 valence electrons. The highest BCUT2D eigenvalue weighted by molar-refractivity contribution is 8.00. The number of methoxy groups -OCH3 is 1. The van der Waals surface area contributed by atoms with Crippen LogP contribution in [0.15, 0.2) is 70.0 Å². The average molecular weight is 600 g/mol. The molecule has 0 bridgehead atoms. The molecule has 0 saturated heterocycles. The van der Waals surface area contributed by atoms with Crippen molar-refractivity contribution in [3.63, 3.8) is 0 Å². The van der Waals surface area contributed by atoms with Crippen LogP contribution in [0.25, 0.3) is 11.1 Å². The van der Waals surface area contributed by atoms with Gasteiger partial charge in [-0.1, -0.05) is 42.0 Å². The minimum atomic E-state index is -4.55. The van der Waals surface area contributed by atoms with Crippen molar-refractivity contribution in [1.29, 1.82) is 0 Å². The molecule has 0 spiro atoms. The molecule has 0 atom stereocenters. The first-order chi connectivity index (χ1) is 19.8. The van der Waals surface area contributed by atoms with E-state index in [-0.39, 0.29) is 29.8 Å². The van der Waals surface area contributed by atoms with E-state index in [4.69, 9.17) is 9.15 Å². The van der Waals surface area contributed by atoms with E-state index in [0.29, 0.717) is 29.1 Å². The van der Waals surface area contributed by atoms with Crippen molar-refractivity contribution >= 4 is 17.7 Å². The van der Waals surface area contributed by atoms with Crippen molar-refractivity contribution in [3.8, 4) is 11.1 Å². The summed E-state index contributed by atoms with van der Waals surface area (Å²) in [5, 5.41) is 0. The fourth-order valence-corrected chi connectivity index (χ4v) is 5.83. The molecule has 0 radical (unpaired) electrons. The Bertz CT molecular complexity index is 1540. The summed E-state index contributed by atoms with van der Waals surface area (Å²) < 4.78 is 64.1. The largest absolute Gasteiger partial charge is 0.468 e. The summed E-state index contributed by atoms with van der Waals surface area (Å²) >= 11 is 1.22. The zero-order chi connectivity index (χ0) is 30.6. The van der Waals surface area contributed by atoms with Crippen LogP contribution in [-0.4, -0.2) is 23.7 Å². The Morgan fingerprint density at radius 3 is 2.14 bits per heavy atom. The van der Waals surface area contributed by atoms with E-state index in [2.05, 4.69) is 12.1 Å². The molecule has 0 amide bonds. The monoisotopic (exact) mass is 599 g/mol. The molecule has 4 nitrogen and oxygen atoms in total. The molecule has 42 heavy (non-hydrogen) atoms. The summed E-state index contributed by atoms with van der Waals surface area (Å²) in [5.41, 5.74) is 7.38. The third-order valence-corrected chi connectivity index (χ3v) is 8.22. The van der Waals surface area contributed by atoms with E-state index in [0.717, 1.165) is 39.4 Å². The lowest BCUT2D eigenvalue weighted by molar-refractivity contribution is -0.153. The van der Waals surface area contributed by atoms with Gasteiger partial charge in [-0.25, -0.2) is 4.39 Å². The van der Waals surface area contributed by atoms with Gasteiger partial charge < -0.3 is 9.15 Å². The SMILES string of the molecule is COC(=O)CSc1cc(-c2ccc(CN(Cc3ccc(C(F)(F)F)o3)Cc3c(C)cc(C)cc3C)cc2)cc(F)c1C. The molecule has 0 aliphatic heterocycles. The van der Waals surface area contributed by atoms with E-state index in [1.807, 2.05) is 56.0 Å². The summed E-state index contributed by atoms with van der Waals surface area (Å²) in [6.07, 6.45) is -4.55. The van der Waals surface area contributed by atoms with Gasteiger partial charge in [0.25, 0.3) is 0 Å². The van der Waals surface area contributed by atoms with Crippen molar-refractivity contribution < 1.29 is 31.5 Å². The van der Waals surface area contributed by atoms with Gasteiger partial charge in [-0.3, -0.25) is 9.69 Å². The molecule has 4 aromatic rings. The van der Waals surface area contributed by atoms with E-state index in [9.17, 15) is 22.4 Å². The number of aryl methyl sites for hydroxylation is 3. The van der Waals surface area contributed by atoms with E-state index >= 15 is 0 Å². The van der Waals surface area contributed by atoms with Gasteiger partial charge in [-0.05, 0) is 90.9 Å². The van der Waals surface area contributed by atoms with Gasteiger partial charge in [0, 0.05) is 18.0 Å². The summed E-state index contributed by atoms with van der Waals surface area (Å²) in [6, 6.07) is 17.5. The number of halogens is 4. The molecular formula is C33H33F4NO3S. The molecule has 0 unspecified atom stereocenters. The van der Waals surface area contributed by atoms with Gasteiger partial charge in [-0.15, -0.1) is 11.8 Å². The first kappa shape index (κ1) is 31.4. The molecule has 9 heteroatoms. The van der Waals surface area contributed by atoms with E-state index < -0.39 is 11.9 Å². The van der Waals surface area contributed by atoms with Gasteiger partial charge in [0.2, 0.25) is 5.76 Å². The predicted molar refractivity (Wildman–Crippen MR) is 157 cm³/mol. The van der Waals surface area contributed by atoms with Crippen LogP contribution >= 0.6 is 11.8 Å². The third-order valence-electron chi connectivity index (χ3n) is 7.11. The third kappa shape index (κ3) is 7.83. The maximum Gasteiger partial charge on any atom is 0.449 e. The van der Waals surface area contributed by atoms with Crippen molar-refractivity contribution in [1.82, 2.24) is 4.90 Å². The number of hydrogen-bond acceptors (Lipinski definition) is 5. The second-order valence-corrected chi connectivity index (χ2v) is 11.4. The molecule has 0 fully saturated rings. The van der Waals surface area contributed by atoms with Gasteiger partial charge in [0.1, 0.15) is 11.6 Å². The fourth-order valence-electron chi connectivity index (χ4n) is 4.91. The molecule has 0 N–H and O–H groups in total. The Labute approximate surface area is 247 Å². The highest BCUT2D eigenvalue weighted by atomic mass is 32.2. The molecule has 4 rings (SSSR count). The van der Waals surface area contributed by atoms with E-state index in [1.165, 1.54) is 31.0 Å². The lowest BCUT2D eigenvalue weighted by Crippen LogP contribution is -2.23. The number of rotatable bonds is 10. The van der Waals surface area contributed by atoms with Gasteiger partial charge in [0.05, 0.1) is 19.4 Å². The molecule has 1 aromatic heterocycles. The van der Waals surface area contributed by atoms with Crippen molar-refractivity contribution in [3.05, 3.63) is 111 Å². The Balaban J connectivity index is 1.58. The predicted octanol–water partition coefficient (Wildman–Crippen LogP) is 8.81. The summed E-state index contributed by atoms with van der Waals surface area (Å²) in [7, 11) is 1.31. The Morgan fingerprint density at radius 2 is 1.55 bits per heavy atom. The van der Waals surface area contributed by atoms with Crippen LogP contribution < -0.4 is 0 Å². The number of alkyl halides is 3. The number of carbonyl (C=O) groups is 1. The number of carbonyl (C=O) groups excluding carboxylic acids is 1. The number of esters is 1. The average Bonchev–Trinajstić information content (AvgIpc) is 3.41. The highest BCUT2D eigenvalue weighted by Crippen LogP contribution is 2.33. The van der Waals surface area contributed by atoms with Crippen molar-refractivity contribution in [2.75, 3.05) is 12.9 Å². The molecule has 1 heterocycles. The summed E-state index contributed by atoms with van der Waals surface area (Å²) in [5.74, 6) is -1.46. The second-order valence-electron chi connectivity index (χ2n) is 10.4. The van der Waals surface area contributed by atoms with Gasteiger partial charge >= 0.3 is 12.1 Å². The standard InChI is InChI=1S/C33H33F4NO3S/c1-20-12-21(2)28(22(3)13-20)18-38(17-27-10-11-31(41-27)33(35,36)37)16-24-6-8-25(9-7-24)26-14-29(34)23(4)30(15-26)42-19-32(39)40-5/h6-15H,16-19H2,1-5H3. The summed E-state index contributed by atoms with van der Waals surface area (Å²) in [6.45, 7) is 8.94. The topological polar surface area (TPSA) is 42.7 Å². The lowest BCUT2D eigenvalue weighted by Gasteiger charge is -2.24. The van der Waals surface area contributed by atoms with Gasteiger partial charge in [-0.2, -0.15) is 13.2 Å². The van der Waals surface area contributed by atoms with Crippen LogP contribution in [-0.2, 0) is 35.3 Å². The molecular weight excluding hydrogens is 566 g/mol. The number of furan rings is 1. The van der Waals surface area contributed by atoms with Crippen molar-refractivity contribution in [2.45, 2.75) is 58.4 Å². The van der Waals surface area contributed by atoms with E-state index in [1.54, 1.807) is 6.92 Å². The number of thioether (sulfide) groups is 1.